The molecule has 1 aromatic heterocycles. The van der Waals surface area contributed by atoms with Gasteiger partial charge in [0.05, 0.1) is 16.9 Å². The van der Waals surface area contributed by atoms with Crippen LogP contribution in [0.25, 0.3) is 22.4 Å². The predicted octanol–water partition coefficient (Wildman–Crippen LogP) is 7.45. The van der Waals surface area contributed by atoms with Gasteiger partial charge in [-0.15, -0.1) is 0 Å². The smallest absolute Gasteiger partial charge is 0.184 e. The number of benzene rings is 6. The highest BCUT2D eigenvalue weighted by molar-refractivity contribution is 7.21. The van der Waals surface area contributed by atoms with Crippen LogP contribution in [0.15, 0.2) is 176 Å². The van der Waals surface area contributed by atoms with Crippen molar-refractivity contribution in [3.8, 4) is 28.5 Å². The Kier molecular flexibility index (Phi) is 6.87. The van der Waals surface area contributed by atoms with Gasteiger partial charge in [-0.3, -0.25) is 4.98 Å². The Balaban J connectivity index is 1.39. The van der Waals surface area contributed by atoms with E-state index in [1.54, 1.807) is 12.3 Å². The molecule has 8 rings (SSSR count). The first-order chi connectivity index (χ1) is 22.8. The number of fused-ring (bicyclic) bond motifs is 2. The summed E-state index contributed by atoms with van der Waals surface area (Å²) in [4.78, 5) is 7.02. The number of anilines is 3. The van der Waals surface area contributed by atoms with Crippen LogP contribution >= 0.6 is 0 Å². The van der Waals surface area contributed by atoms with Crippen molar-refractivity contribution in [1.82, 2.24) is 4.98 Å². The van der Waals surface area contributed by atoms with Crippen LogP contribution in [0.4, 0.5) is 17.1 Å². The van der Waals surface area contributed by atoms with Crippen LogP contribution < -0.4 is 25.6 Å². The fourth-order valence-electron chi connectivity index (χ4n) is 7.14. The molecule has 0 aliphatic carbocycles. The molecule has 1 aliphatic heterocycles. The molecule has 2 heterocycles. The molecular formula is C42H29N3Si. The van der Waals surface area contributed by atoms with Gasteiger partial charge in [-0.1, -0.05) is 133 Å². The SMILES string of the molecule is N#Cc1cccnc1-c1cccc(-c2ccccc2N2c3ccccc3[Si](c3ccccc3)(c3ccccc3)c3ccccc32)c1. The van der Waals surface area contributed by atoms with Gasteiger partial charge in [0.1, 0.15) is 6.07 Å². The van der Waals surface area contributed by atoms with E-state index >= 15 is 0 Å². The van der Waals surface area contributed by atoms with Crippen molar-refractivity contribution in [1.29, 1.82) is 5.26 Å². The van der Waals surface area contributed by atoms with E-state index in [4.69, 9.17) is 0 Å². The normalized spacial score (nSPS) is 12.9. The highest BCUT2D eigenvalue weighted by Gasteiger charge is 2.48. The maximum Gasteiger partial charge on any atom is 0.184 e. The first kappa shape index (κ1) is 27.5. The summed E-state index contributed by atoms with van der Waals surface area (Å²) in [5.74, 6) is 0. The lowest BCUT2D eigenvalue weighted by molar-refractivity contribution is 1.29. The van der Waals surface area contributed by atoms with Crippen molar-refractivity contribution >= 4 is 45.9 Å². The van der Waals surface area contributed by atoms with Crippen molar-refractivity contribution in [3.05, 3.63) is 182 Å². The van der Waals surface area contributed by atoms with Crippen LogP contribution in [0.5, 0.6) is 0 Å². The Morgan fingerprint density at radius 2 is 1.04 bits per heavy atom. The van der Waals surface area contributed by atoms with Crippen LogP contribution in [0, 0.1) is 11.3 Å². The van der Waals surface area contributed by atoms with E-state index in [0.29, 0.717) is 11.3 Å². The number of para-hydroxylation sites is 3. The quantitative estimate of drug-likeness (QED) is 0.192. The molecule has 6 aromatic carbocycles. The summed E-state index contributed by atoms with van der Waals surface area (Å²) in [5.41, 5.74) is 7.85. The lowest BCUT2D eigenvalue weighted by atomic mass is 9.97. The number of aromatic nitrogens is 1. The van der Waals surface area contributed by atoms with Gasteiger partial charge >= 0.3 is 0 Å². The third-order valence-corrected chi connectivity index (χ3v) is 13.9. The first-order valence-corrected chi connectivity index (χ1v) is 17.5. The fourth-order valence-corrected chi connectivity index (χ4v) is 12.2. The van der Waals surface area contributed by atoms with E-state index in [9.17, 15) is 5.26 Å². The molecule has 1 aliphatic rings. The van der Waals surface area contributed by atoms with Crippen molar-refractivity contribution in [2.24, 2.45) is 0 Å². The molecule has 0 saturated carbocycles. The molecule has 46 heavy (non-hydrogen) atoms. The highest BCUT2D eigenvalue weighted by Crippen LogP contribution is 2.43. The largest absolute Gasteiger partial charge is 0.310 e. The van der Waals surface area contributed by atoms with Gasteiger partial charge in [-0.2, -0.15) is 5.26 Å². The van der Waals surface area contributed by atoms with Gasteiger partial charge < -0.3 is 4.90 Å². The topological polar surface area (TPSA) is 39.9 Å². The summed E-state index contributed by atoms with van der Waals surface area (Å²) < 4.78 is 0. The van der Waals surface area contributed by atoms with Gasteiger partial charge in [0, 0.05) is 28.7 Å². The molecule has 0 spiro atoms. The number of pyridine rings is 1. The molecule has 0 saturated heterocycles. The molecule has 0 amide bonds. The van der Waals surface area contributed by atoms with Crippen molar-refractivity contribution in [3.63, 3.8) is 0 Å². The molecule has 0 bridgehead atoms. The lowest BCUT2D eigenvalue weighted by Gasteiger charge is -2.45. The third kappa shape index (κ3) is 4.29. The molecule has 0 fully saturated rings. The lowest BCUT2D eigenvalue weighted by Crippen LogP contribution is -2.77. The van der Waals surface area contributed by atoms with E-state index in [0.717, 1.165) is 22.4 Å². The highest BCUT2D eigenvalue weighted by atomic mass is 28.3. The summed E-state index contributed by atoms with van der Waals surface area (Å²) in [7, 11) is -2.69. The minimum atomic E-state index is -2.69. The second-order valence-electron chi connectivity index (χ2n) is 11.5. The standard InChI is InChI=1S/C42H29N3Si/c43-30-33-17-14-28-44-42(33)32-16-13-15-31(29-32)36-22-7-8-23-37(36)45-38-24-9-11-26-40(38)46(34-18-3-1-4-19-34,35-20-5-2-6-21-35)41-27-12-10-25-39(41)45/h1-29H. The second kappa shape index (κ2) is 11.5. The molecule has 0 radical (unpaired) electrons. The number of rotatable bonds is 5. The van der Waals surface area contributed by atoms with Crippen LogP contribution in [-0.4, -0.2) is 13.1 Å². The zero-order chi connectivity index (χ0) is 30.9. The van der Waals surface area contributed by atoms with Gasteiger partial charge in [0.2, 0.25) is 0 Å². The molecule has 0 atom stereocenters. The summed E-state index contributed by atoms with van der Waals surface area (Å²) in [6.07, 6.45) is 1.74. The van der Waals surface area contributed by atoms with Crippen LogP contribution in [0.2, 0.25) is 0 Å². The monoisotopic (exact) mass is 603 g/mol. The zero-order valence-corrected chi connectivity index (χ0v) is 26.1. The Hall–Kier alpha value is -6.02. The second-order valence-corrected chi connectivity index (χ2v) is 15.2. The van der Waals surface area contributed by atoms with Gasteiger partial charge in [-0.05, 0) is 62.7 Å². The third-order valence-electron chi connectivity index (χ3n) is 9.03. The summed E-state index contributed by atoms with van der Waals surface area (Å²) in [6, 6.07) is 63.0. The Bertz CT molecular complexity index is 2150. The molecular weight excluding hydrogens is 575 g/mol. The maximum atomic E-state index is 9.78. The summed E-state index contributed by atoms with van der Waals surface area (Å²) in [5, 5.41) is 15.2. The Morgan fingerprint density at radius 3 is 1.67 bits per heavy atom. The zero-order valence-electron chi connectivity index (χ0n) is 25.1. The number of nitriles is 1. The molecule has 4 heteroatoms. The average Bonchev–Trinajstić information content (AvgIpc) is 3.14. The Labute approximate surface area is 270 Å². The van der Waals surface area contributed by atoms with Crippen molar-refractivity contribution in [2.45, 2.75) is 0 Å². The van der Waals surface area contributed by atoms with E-state index in [-0.39, 0.29) is 0 Å². The van der Waals surface area contributed by atoms with E-state index in [1.807, 2.05) is 12.1 Å². The van der Waals surface area contributed by atoms with Crippen LogP contribution in [0.1, 0.15) is 5.56 Å². The molecule has 0 unspecified atom stereocenters. The average molecular weight is 604 g/mol. The van der Waals surface area contributed by atoms with Crippen LogP contribution in [0.3, 0.4) is 0 Å². The van der Waals surface area contributed by atoms with E-state index < -0.39 is 8.07 Å². The number of nitrogens with zero attached hydrogens (tertiary/aromatic N) is 3. The van der Waals surface area contributed by atoms with Crippen LogP contribution in [-0.2, 0) is 0 Å². The van der Waals surface area contributed by atoms with E-state index in [1.165, 1.54) is 32.1 Å². The Morgan fingerprint density at radius 1 is 0.500 bits per heavy atom. The van der Waals surface area contributed by atoms with Gasteiger partial charge in [0.25, 0.3) is 0 Å². The number of hydrogen-bond donors (Lipinski definition) is 0. The summed E-state index contributed by atoms with van der Waals surface area (Å²) in [6.45, 7) is 0. The maximum absolute atomic E-state index is 9.78. The summed E-state index contributed by atoms with van der Waals surface area (Å²) >= 11 is 0. The fraction of sp³-hybridized carbons (Fsp3) is 0. The molecule has 3 nitrogen and oxygen atoms in total. The minimum Gasteiger partial charge on any atom is -0.310 e. The van der Waals surface area contributed by atoms with Crippen molar-refractivity contribution < 1.29 is 0 Å². The minimum absolute atomic E-state index is 0.565. The predicted molar refractivity (Wildman–Crippen MR) is 192 cm³/mol. The van der Waals surface area contributed by atoms with Gasteiger partial charge in [-0.25, -0.2) is 0 Å². The van der Waals surface area contributed by atoms with Crippen molar-refractivity contribution in [2.75, 3.05) is 4.90 Å². The van der Waals surface area contributed by atoms with Gasteiger partial charge in [0.15, 0.2) is 8.07 Å². The molecule has 7 aromatic rings. The van der Waals surface area contributed by atoms with E-state index in [2.05, 4.69) is 168 Å². The first-order valence-electron chi connectivity index (χ1n) is 15.5. The molecule has 0 N–H and O–H groups in total. The molecule has 216 valence electrons. The number of hydrogen-bond acceptors (Lipinski definition) is 3.